The Labute approximate surface area is 101 Å². The highest BCUT2D eigenvalue weighted by atomic mass is 32.2. The molecule has 16 heavy (non-hydrogen) atoms. The van der Waals surface area contributed by atoms with Crippen molar-refractivity contribution < 1.29 is 10.2 Å². The first-order valence-corrected chi connectivity index (χ1v) is 6.42. The van der Waals surface area contributed by atoms with E-state index in [1.165, 1.54) is 4.90 Å². The molecule has 0 fully saturated rings. The van der Waals surface area contributed by atoms with E-state index in [1.807, 2.05) is 49.5 Å². The third-order valence-corrected chi connectivity index (χ3v) is 3.42. The van der Waals surface area contributed by atoms with Crippen LogP contribution < -0.4 is 0 Å². The van der Waals surface area contributed by atoms with Gasteiger partial charge in [-0.3, -0.25) is 0 Å². The Bertz CT molecular complexity index is 313. The van der Waals surface area contributed by atoms with Crippen molar-refractivity contribution in [3.63, 3.8) is 0 Å². The topological polar surface area (TPSA) is 43.7 Å². The van der Waals surface area contributed by atoms with Crippen molar-refractivity contribution in [2.45, 2.75) is 17.0 Å². The molecule has 4 heteroatoms. The molecule has 0 aliphatic carbocycles. The molecule has 0 saturated heterocycles. The molecule has 0 bridgehead atoms. The Morgan fingerprint density at radius 3 is 2.19 bits per heavy atom. The first-order valence-electron chi connectivity index (χ1n) is 5.19. The monoisotopic (exact) mass is 241 g/mol. The zero-order valence-electron chi connectivity index (χ0n) is 9.92. The summed E-state index contributed by atoms with van der Waals surface area (Å²) in [7, 11) is 3.70. The Morgan fingerprint density at radius 1 is 1.25 bits per heavy atom. The smallest absolute Gasteiger partial charge is 0.0967 e. The van der Waals surface area contributed by atoms with Gasteiger partial charge in [-0.15, -0.1) is 11.8 Å². The largest absolute Gasteiger partial charge is 0.395 e. The SMILES string of the molecule is CSc1ccc([C@@H](O)C(CO)N(C)C)cc1. The molecule has 0 aliphatic rings. The lowest BCUT2D eigenvalue weighted by Crippen LogP contribution is -2.37. The molecule has 1 aromatic carbocycles. The molecule has 1 aromatic rings. The van der Waals surface area contributed by atoms with Gasteiger partial charge in [0.1, 0.15) is 0 Å². The van der Waals surface area contributed by atoms with Gasteiger partial charge < -0.3 is 15.1 Å². The van der Waals surface area contributed by atoms with Crippen LogP contribution in [-0.2, 0) is 0 Å². The van der Waals surface area contributed by atoms with Crippen molar-refractivity contribution >= 4 is 11.8 Å². The van der Waals surface area contributed by atoms with Crippen LogP contribution in [0.4, 0.5) is 0 Å². The number of hydrogen-bond acceptors (Lipinski definition) is 4. The molecule has 0 amide bonds. The quantitative estimate of drug-likeness (QED) is 0.764. The number of thioether (sulfide) groups is 1. The first-order chi connectivity index (χ1) is 7.60. The Morgan fingerprint density at radius 2 is 1.81 bits per heavy atom. The van der Waals surface area contributed by atoms with Crippen LogP contribution >= 0.6 is 11.8 Å². The predicted molar refractivity (Wildman–Crippen MR) is 67.7 cm³/mol. The van der Waals surface area contributed by atoms with Crippen LogP contribution in [0.3, 0.4) is 0 Å². The molecule has 0 aliphatic heterocycles. The lowest BCUT2D eigenvalue weighted by atomic mass is 10.0. The van der Waals surface area contributed by atoms with E-state index in [0.29, 0.717) is 0 Å². The van der Waals surface area contributed by atoms with E-state index in [2.05, 4.69) is 0 Å². The fraction of sp³-hybridized carbons (Fsp3) is 0.500. The summed E-state index contributed by atoms with van der Waals surface area (Å²) in [5, 5.41) is 19.3. The van der Waals surface area contributed by atoms with Crippen molar-refractivity contribution in [3.8, 4) is 0 Å². The van der Waals surface area contributed by atoms with Crippen LogP contribution in [0.25, 0.3) is 0 Å². The third-order valence-electron chi connectivity index (χ3n) is 2.67. The van der Waals surface area contributed by atoms with Crippen molar-refractivity contribution in [1.82, 2.24) is 4.90 Å². The van der Waals surface area contributed by atoms with E-state index in [9.17, 15) is 10.2 Å². The molecule has 0 aromatic heterocycles. The van der Waals surface area contributed by atoms with Gasteiger partial charge in [0.15, 0.2) is 0 Å². The second kappa shape index (κ2) is 6.25. The van der Waals surface area contributed by atoms with Gasteiger partial charge in [0.2, 0.25) is 0 Å². The van der Waals surface area contributed by atoms with E-state index in [4.69, 9.17) is 0 Å². The maximum atomic E-state index is 10.1. The summed E-state index contributed by atoms with van der Waals surface area (Å²) >= 11 is 1.67. The second-order valence-electron chi connectivity index (χ2n) is 3.93. The molecular weight excluding hydrogens is 222 g/mol. The van der Waals surface area contributed by atoms with Gasteiger partial charge in [-0.1, -0.05) is 12.1 Å². The van der Waals surface area contributed by atoms with Gasteiger partial charge in [-0.05, 0) is 38.0 Å². The van der Waals surface area contributed by atoms with Gasteiger partial charge in [0.25, 0.3) is 0 Å². The standard InChI is InChI=1S/C12H19NO2S/c1-13(2)11(8-14)12(15)9-4-6-10(16-3)7-5-9/h4-7,11-12,14-15H,8H2,1-3H3/t11?,12-/m1/s1. The van der Waals surface area contributed by atoms with Crippen LogP contribution in [0, 0.1) is 0 Å². The molecule has 0 heterocycles. The van der Waals surface area contributed by atoms with Crippen LogP contribution in [0.1, 0.15) is 11.7 Å². The van der Waals surface area contributed by atoms with Gasteiger partial charge in [0.05, 0.1) is 18.8 Å². The van der Waals surface area contributed by atoms with Gasteiger partial charge in [-0.25, -0.2) is 0 Å². The molecule has 2 atom stereocenters. The van der Waals surface area contributed by atoms with Crippen molar-refractivity contribution in [1.29, 1.82) is 0 Å². The number of hydrogen-bond donors (Lipinski definition) is 2. The summed E-state index contributed by atoms with van der Waals surface area (Å²) in [5.41, 5.74) is 0.838. The van der Waals surface area contributed by atoms with Crippen LogP contribution in [-0.4, -0.2) is 48.1 Å². The van der Waals surface area contributed by atoms with Crippen molar-refractivity contribution in [2.75, 3.05) is 27.0 Å². The van der Waals surface area contributed by atoms with Crippen molar-refractivity contribution in [3.05, 3.63) is 29.8 Å². The van der Waals surface area contributed by atoms with E-state index >= 15 is 0 Å². The molecular formula is C12H19NO2S. The summed E-state index contributed by atoms with van der Waals surface area (Å²) in [6, 6.07) is 7.51. The zero-order valence-corrected chi connectivity index (χ0v) is 10.7. The molecule has 2 N–H and O–H groups in total. The number of aliphatic hydroxyl groups excluding tert-OH is 2. The van der Waals surface area contributed by atoms with Crippen LogP contribution in [0.15, 0.2) is 29.2 Å². The molecule has 90 valence electrons. The Kier molecular flexibility index (Phi) is 5.28. The number of aliphatic hydroxyl groups is 2. The highest BCUT2D eigenvalue weighted by Crippen LogP contribution is 2.22. The molecule has 1 unspecified atom stereocenters. The average molecular weight is 241 g/mol. The summed E-state index contributed by atoms with van der Waals surface area (Å²) in [5.74, 6) is 0. The van der Waals surface area contributed by atoms with E-state index in [-0.39, 0.29) is 12.6 Å². The summed E-state index contributed by atoms with van der Waals surface area (Å²) in [6.07, 6.45) is 1.36. The minimum Gasteiger partial charge on any atom is -0.395 e. The second-order valence-corrected chi connectivity index (χ2v) is 4.81. The maximum Gasteiger partial charge on any atom is 0.0967 e. The van der Waals surface area contributed by atoms with E-state index in [0.717, 1.165) is 5.56 Å². The third kappa shape index (κ3) is 3.22. The summed E-state index contributed by atoms with van der Waals surface area (Å²) < 4.78 is 0. The predicted octanol–water partition coefficient (Wildman–Crippen LogP) is 1.36. The number of nitrogens with zero attached hydrogens (tertiary/aromatic N) is 1. The number of benzene rings is 1. The van der Waals surface area contributed by atoms with E-state index in [1.54, 1.807) is 11.8 Å². The van der Waals surface area contributed by atoms with Crippen LogP contribution in [0.2, 0.25) is 0 Å². The summed E-state index contributed by atoms with van der Waals surface area (Å²) in [6.45, 7) is -0.0571. The normalized spacial score (nSPS) is 15.1. The molecule has 3 nitrogen and oxygen atoms in total. The lowest BCUT2D eigenvalue weighted by Gasteiger charge is -2.27. The Balaban J connectivity index is 2.82. The molecule has 1 rings (SSSR count). The highest BCUT2D eigenvalue weighted by molar-refractivity contribution is 7.98. The molecule has 0 saturated carbocycles. The van der Waals surface area contributed by atoms with Crippen LogP contribution in [0.5, 0.6) is 0 Å². The van der Waals surface area contributed by atoms with Gasteiger partial charge >= 0.3 is 0 Å². The van der Waals surface area contributed by atoms with E-state index < -0.39 is 6.10 Å². The van der Waals surface area contributed by atoms with Gasteiger partial charge in [0, 0.05) is 4.90 Å². The minimum absolute atomic E-state index is 0.0571. The highest BCUT2D eigenvalue weighted by Gasteiger charge is 2.21. The number of likely N-dealkylation sites (N-methyl/N-ethyl adjacent to an activating group) is 1. The average Bonchev–Trinajstić information content (AvgIpc) is 2.29. The van der Waals surface area contributed by atoms with Crippen molar-refractivity contribution in [2.24, 2.45) is 0 Å². The number of rotatable bonds is 5. The lowest BCUT2D eigenvalue weighted by molar-refractivity contribution is 0.0389. The molecule has 0 spiro atoms. The summed E-state index contributed by atoms with van der Waals surface area (Å²) in [4.78, 5) is 2.99. The fourth-order valence-corrected chi connectivity index (χ4v) is 1.98. The van der Waals surface area contributed by atoms with Gasteiger partial charge in [-0.2, -0.15) is 0 Å². The molecule has 0 radical (unpaired) electrons. The fourth-order valence-electron chi connectivity index (χ4n) is 1.57. The Hall–Kier alpha value is -0.550. The first kappa shape index (κ1) is 13.5. The zero-order chi connectivity index (χ0) is 12.1. The minimum atomic E-state index is -0.657. The maximum absolute atomic E-state index is 10.1.